The van der Waals surface area contributed by atoms with E-state index in [-0.39, 0.29) is 5.82 Å². The van der Waals surface area contributed by atoms with Gasteiger partial charge in [-0.1, -0.05) is 50.4 Å². The molecule has 3 aromatic heterocycles. The maximum atomic E-state index is 12.4. The fraction of sp³-hybridized carbons (Fsp3) is 0.556. The van der Waals surface area contributed by atoms with Crippen LogP contribution in [0.3, 0.4) is 0 Å². The van der Waals surface area contributed by atoms with Crippen molar-refractivity contribution in [2.24, 2.45) is 0 Å². The van der Waals surface area contributed by atoms with Crippen molar-refractivity contribution in [3.8, 4) is 0 Å². The van der Waals surface area contributed by atoms with E-state index in [0.717, 1.165) is 29.2 Å². The zero-order valence-corrected chi connectivity index (χ0v) is 16.8. The minimum absolute atomic E-state index is 0.0730. The molecule has 0 saturated heterocycles. The largest absolute Gasteiger partial charge is 0.297 e. The Bertz CT molecular complexity index is 918. The summed E-state index contributed by atoms with van der Waals surface area (Å²) in [6, 6.07) is 1.89. The van der Waals surface area contributed by atoms with Gasteiger partial charge in [-0.05, 0) is 26.3 Å². The van der Waals surface area contributed by atoms with Crippen LogP contribution in [0.1, 0.15) is 72.5 Å². The molecule has 0 aliphatic rings. The third-order valence-electron chi connectivity index (χ3n) is 4.25. The molecule has 0 aliphatic heterocycles. The second-order valence-electron chi connectivity index (χ2n) is 6.66. The third kappa shape index (κ3) is 5.06. The summed E-state index contributed by atoms with van der Waals surface area (Å²) in [7, 11) is 0. The lowest BCUT2D eigenvalue weighted by molar-refractivity contribution is 0.101. The molecule has 144 valence electrons. The highest BCUT2D eigenvalue weighted by Crippen LogP contribution is 2.18. The quantitative estimate of drug-likeness (QED) is 0.562. The van der Waals surface area contributed by atoms with Crippen LogP contribution in [0.5, 0.6) is 0 Å². The summed E-state index contributed by atoms with van der Waals surface area (Å²) in [5.41, 5.74) is 1.71. The van der Waals surface area contributed by atoms with Crippen LogP contribution in [0, 0.1) is 13.8 Å². The van der Waals surface area contributed by atoms with Crippen molar-refractivity contribution in [3.05, 3.63) is 28.3 Å². The molecule has 3 aromatic rings. The SMILES string of the molecule is CCCCCCCCc1nnc(NC(=O)c2nc3nc(C)cc(C)n3n2)s1. The zero-order chi connectivity index (χ0) is 19.2. The standard InChI is InChI=1S/C18H25N7OS/c1-4-5-6-7-8-9-10-14-22-23-18(27-14)21-16(26)15-20-17-19-12(2)11-13(3)25(17)24-15/h11H,4-10H2,1-3H3,(H,21,23,26). The van der Waals surface area contributed by atoms with Crippen LogP contribution in [0.2, 0.25) is 0 Å². The Kier molecular flexibility index (Phi) is 6.44. The second-order valence-corrected chi connectivity index (χ2v) is 7.72. The van der Waals surface area contributed by atoms with Gasteiger partial charge >= 0.3 is 0 Å². The van der Waals surface area contributed by atoms with Gasteiger partial charge < -0.3 is 0 Å². The summed E-state index contributed by atoms with van der Waals surface area (Å²) in [4.78, 5) is 20.9. The molecule has 0 fully saturated rings. The van der Waals surface area contributed by atoms with Crippen LogP contribution in [0.25, 0.3) is 5.78 Å². The molecule has 0 atom stereocenters. The Morgan fingerprint density at radius 3 is 2.70 bits per heavy atom. The number of aryl methyl sites for hydroxylation is 3. The lowest BCUT2D eigenvalue weighted by atomic mass is 10.1. The number of hydrogen-bond acceptors (Lipinski definition) is 7. The molecule has 27 heavy (non-hydrogen) atoms. The topological polar surface area (TPSA) is 98.0 Å². The number of aromatic nitrogens is 6. The monoisotopic (exact) mass is 387 g/mol. The predicted molar refractivity (Wildman–Crippen MR) is 105 cm³/mol. The lowest BCUT2D eigenvalue weighted by Gasteiger charge is -1.98. The highest BCUT2D eigenvalue weighted by atomic mass is 32.1. The number of anilines is 1. The number of fused-ring (bicyclic) bond motifs is 1. The average Bonchev–Trinajstić information content (AvgIpc) is 3.25. The van der Waals surface area contributed by atoms with Gasteiger partial charge in [-0.15, -0.1) is 15.3 Å². The Balaban J connectivity index is 1.55. The van der Waals surface area contributed by atoms with Gasteiger partial charge in [-0.2, -0.15) is 4.98 Å². The first-order valence-electron chi connectivity index (χ1n) is 9.41. The average molecular weight is 388 g/mol. The van der Waals surface area contributed by atoms with Crippen LogP contribution in [-0.2, 0) is 6.42 Å². The van der Waals surface area contributed by atoms with Gasteiger partial charge in [0, 0.05) is 17.8 Å². The summed E-state index contributed by atoms with van der Waals surface area (Å²) in [5, 5.41) is 16.6. The molecule has 8 nitrogen and oxygen atoms in total. The van der Waals surface area contributed by atoms with E-state index >= 15 is 0 Å². The van der Waals surface area contributed by atoms with E-state index in [1.807, 2.05) is 19.9 Å². The summed E-state index contributed by atoms with van der Waals surface area (Å²) in [5.74, 6) is 0.0855. The van der Waals surface area contributed by atoms with Crippen LogP contribution in [0.15, 0.2) is 6.07 Å². The van der Waals surface area contributed by atoms with E-state index < -0.39 is 5.91 Å². The van der Waals surface area contributed by atoms with Gasteiger partial charge in [-0.25, -0.2) is 9.50 Å². The first-order valence-corrected chi connectivity index (χ1v) is 10.2. The van der Waals surface area contributed by atoms with E-state index in [2.05, 4.69) is 37.5 Å². The smallest absolute Gasteiger partial charge is 0.294 e. The fourth-order valence-electron chi connectivity index (χ4n) is 2.88. The second kappa shape index (κ2) is 8.98. The van der Waals surface area contributed by atoms with Gasteiger partial charge in [-0.3, -0.25) is 10.1 Å². The number of nitrogens with zero attached hydrogens (tertiary/aromatic N) is 6. The normalized spacial score (nSPS) is 11.2. The summed E-state index contributed by atoms with van der Waals surface area (Å²) in [6.45, 7) is 6.00. The lowest BCUT2D eigenvalue weighted by Crippen LogP contribution is -2.13. The Morgan fingerprint density at radius 1 is 1.11 bits per heavy atom. The number of hydrogen-bond donors (Lipinski definition) is 1. The summed E-state index contributed by atoms with van der Waals surface area (Å²) < 4.78 is 1.56. The van der Waals surface area contributed by atoms with Crippen molar-refractivity contribution in [2.75, 3.05) is 5.32 Å². The molecular weight excluding hydrogens is 362 g/mol. The maximum Gasteiger partial charge on any atom is 0.297 e. The molecule has 0 unspecified atom stereocenters. The van der Waals surface area contributed by atoms with Crippen molar-refractivity contribution in [3.63, 3.8) is 0 Å². The number of carbonyl (C=O) groups is 1. The molecule has 3 heterocycles. The van der Waals surface area contributed by atoms with Gasteiger partial charge in [0.25, 0.3) is 11.7 Å². The van der Waals surface area contributed by atoms with Crippen LogP contribution in [-0.4, -0.2) is 35.7 Å². The zero-order valence-electron chi connectivity index (χ0n) is 16.0. The first-order chi connectivity index (χ1) is 13.1. The number of carbonyl (C=O) groups excluding carboxylic acids is 1. The van der Waals surface area contributed by atoms with Crippen molar-refractivity contribution in [1.29, 1.82) is 0 Å². The summed E-state index contributed by atoms with van der Waals surface area (Å²) in [6.07, 6.45) is 8.34. The fourth-order valence-corrected chi connectivity index (χ4v) is 3.65. The van der Waals surface area contributed by atoms with Crippen molar-refractivity contribution in [2.45, 2.75) is 65.7 Å². The maximum absolute atomic E-state index is 12.4. The van der Waals surface area contributed by atoms with Crippen molar-refractivity contribution < 1.29 is 4.79 Å². The summed E-state index contributed by atoms with van der Waals surface area (Å²) >= 11 is 1.40. The van der Waals surface area contributed by atoms with Crippen LogP contribution in [0.4, 0.5) is 5.13 Å². The van der Waals surface area contributed by atoms with E-state index in [1.54, 1.807) is 4.52 Å². The number of amides is 1. The van der Waals surface area contributed by atoms with Crippen molar-refractivity contribution in [1.82, 2.24) is 29.8 Å². The Labute approximate surface area is 162 Å². The van der Waals surface area contributed by atoms with Gasteiger partial charge in [0.2, 0.25) is 11.0 Å². The van der Waals surface area contributed by atoms with E-state index in [4.69, 9.17) is 0 Å². The number of unbranched alkanes of at least 4 members (excludes halogenated alkanes) is 5. The molecule has 9 heteroatoms. The molecule has 0 saturated carbocycles. The van der Waals surface area contributed by atoms with E-state index in [1.165, 1.54) is 43.4 Å². The molecular formula is C18H25N7OS. The molecule has 1 amide bonds. The highest BCUT2D eigenvalue weighted by molar-refractivity contribution is 7.15. The minimum Gasteiger partial charge on any atom is -0.294 e. The first kappa shape index (κ1) is 19.3. The van der Waals surface area contributed by atoms with Crippen LogP contribution < -0.4 is 5.32 Å². The van der Waals surface area contributed by atoms with E-state index in [0.29, 0.717) is 10.9 Å². The van der Waals surface area contributed by atoms with Gasteiger partial charge in [0.1, 0.15) is 5.01 Å². The molecule has 1 N–H and O–H groups in total. The third-order valence-corrected chi connectivity index (χ3v) is 5.15. The molecule has 0 spiro atoms. The van der Waals surface area contributed by atoms with Gasteiger partial charge in [0.05, 0.1) is 0 Å². The molecule has 0 aliphatic carbocycles. The minimum atomic E-state index is -0.403. The number of nitrogens with one attached hydrogen (secondary N) is 1. The molecule has 0 radical (unpaired) electrons. The van der Waals surface area contributed by atoms with Gasteiger partial charge in [0.15, 0.2) is 0 Å². The number of rotatable bonds is 9. The predicted octanol–water partition coefficient (Wildman–Crippen LogP) is 3.75. The molecule has 0 aromatic carbocycles. The highest BCUT2D eigenvalue weighted by Gasteiger charge is 2.17. The molecule has 0 bridgehead atoms. The Hall–Kier alpha value is -2.42. The van der Waals surface area contributed by atoms with Crippen molar-refractivity contribution >= 4 is 28.2 Å². The Morgan fingerprint density at radius 2 is 1.89 bits per heavy atom. The van der Waals surface area contributed by atoms with E-state index in [9.17, 15) is 4.79 Å². The molecule has 3 rings (SSSR count). The van der Waals surface area contributed by atoms with Crippen LogP contribution >= 0.6 is 11.3 Å².